The van der Waals surface area contributed by atoms with E-state index in [0.717, 1.165) is 16.5 Å². The molecule has 0 fully saturated rings. The average molecular weight is 279 g/mol. The number of hydrogen-bond donors (Lipinski definition) is 0. The molecule has 0 aliphatic carbocycles. The maximum absolute atomic E-state index is 13.5. The lowest BCUT2D eigenvalue weighted by molar-refractivity contribution is 0.615. The fraction of sp³-hybridized carbons (Fsp3) is 0.429. The van der Waals surface area contributed by atoms with Crippen LogP contribution in [0.4, 0.5) is 9.52 Å². The molecule has 2 rings (SSSR count). The lowest BCUT2D eigenvalue weighted by atomic mass is 10.1. The molecule has 102 valence electrons. The molecule has 3 nitrogen and oxygen atoms in total. The third-order valence-corrected chi connectivity index (χ3v) is 3.77. The summed E-state index contributed by atoms with van der Waals surface area (Å²) in [7, 11) is 1.95. The fourth-order valence-corrected chi connectivity index (χ4v) is 2.46. The van der Waals surface area contributed by atoms with Gasteiger partial charge in [-0.15, -0.1) is 0 Å². The molecule has 2 aromatic rings. The maximum Gasteiger partial charge on any atom is 0.205 e. The van der Waals surface area contributed by atoms with Crippen LogP contribution in [-0.2, 0) is 6.54 Å². The third kappa shape index (κ3) is 3.29. The molecular formula is C14H18FN3S. The Morgan fingerprint density at radius 3 is 2.68 bits per heavy atom. The van der Waals surface area contributed by atoms with Crippen molar-refractivity contribution in [1.82, 2.24) is 9.36 Å². The molecule has 0 radical (unpaired) electrons. The summed E-state index contributed by atoms with van der Waals surface area (Å²) in [6.45, 7) is 6.54. The predicted octanol–water partition coefficient (Wildman–Crippen LogP) is 3.75. The van der Waals surface area contributed by atoms with Crippen molar-refractivity contribution in [3.8, 4) is 0 Å². The van der Waals surface area contributed by atoms with Crippen molar-refractivity contribution in [3.05, 3.63) is 41.0 Å². The molecule has 0 unspecified atom stereocenters. The molecule has 0 bridgehead atoms. The second-order valence-electron chi connectivity index (χ2n) is 5.03. The first-order valence-electron chi connectivity index (χ1n) is 6.27. The number of benzene rings is 1. The minimum Gasteiger partial charge on any atom is -0.346 e. The molecule has 0 saturated carbocycles. The normalized spacial score (nSPS) is 11.1. The second kappa shape index (κ2) is 5.65. The van der Waals surface area contributed by atoms with E-state index in [4.69, 9.17) is 0 Å². The Morgan fingerprint density at radius 2 is 2.11 bits per heavy atom. The van der Waals surface area contributed by atoms with Crippen molar-refractivity contribution in [2.24, 2.45) is 0 Å². The number of aryl methyl sites for hydroxylation is 1. The van der Waals surface area contributed by atoms with Gasteiger partial charge in [0.2, 0.25) is 5.13 Å². The van der Waals surface area contributed by atoms with Gasteiger partial charge in [-0.25, -0.2) is 9.37 Å². The van der Waals surface area contributed by atoms with Crippen LogP contribution in [0.15, 0.2) is 18.2 Å². The summed E-state index contributed by atoms with van der Waals surface area (Å²) in [5.41, 5.74) is 1.61. The Balaban J connectivity index is 2.11. The first-order chi connectivity index (χ1) is 8.97. The number of aromatic nitrogens is 2. The van der Waals surface area contributed by atoms with Gasteiger partial charge in [-0.2, -0.15) is 4.37 Å². The largest absolute Gasteiger partial charge is 0.346 e. The third-order valence-electron chi connectivity index (χ3n) is 2.93. The van der Waals surface area contributed by atoms with Gasteiger partial charge in [0.05, 0.1) is 0 Å². The van der Waals surface area contributed by atoms with Crippen molar-refractivity contribution >= 4 is 16.7 Å². The highest BCUT2D eigenvalue weighted by Gasteiger charge is 2.12. The Labute approximate surface area is 117 Å². The molecule has 0 saturated heterocycles. The molecule has 0 amide bonds. The van der Waals surface area contributed by atoms with E-state index < -0.39 is 0 Å². The van der Waals surface area contributed by atoms with E-state index in [1.807, 2.05) is 18.0 Å². The average Bonchev–Trinajstić information content (AvgIpc) is 2.83. The standard InChI is InChI=1S/C14H18FN3S/c1-9(2)13-16-14(19-17-13)18(4)8-11-6-5-10(3)12(15)7-11/h5-7,9H,8H2,1-4H3. The highest BCUT2D eigenvalue weighted by atomic mass is 32.1. The predicted molar refractivity (Wildman–Crippen MR) is 77.2 cm³/mol. The first kappa shape index (κ1) is 13.9. The number of hydrogen-bond acceptors (Lipinski definition) is 4. The van der Waals surface area contributed by atoms with Gasteiger partial charge in [-0.05, 0) is 24.1 Å². The van der Waals surface area contributed by atoms with Gasteiger partial charge in [0.1, 0.15) is 11.6 Å². The molecule has 19 heavy (non-hydrogen) atoms. The molecule has 1 aromatic carbocycles. The fourth-order valence-electron chi connectivity index (χ4n) is 1.69. The highest BCUT2D eigenvalue weighted by molar-refractivity contribution is 7.09. The van der Waals surface area contributed by atoms with Gasteiger partial charge in [-0.3, -0.25) is 0 Å². The number of rotatable bonds is 4. The molecule has 0 N–H and O–H groups in total. The monoisotopic (exact) mass is 279 g/mol. The zero-order chi connectivity index (χ0) is 14.0. The Morgan fingerprint density at radius 1 is 1.37 bits per heavy atom. The number of nitrogens with zero attached hydrogens (tertiary/aromatic N) is 3. The minimum atomic E-state index is -0.161. The Hall–Kier alpha value is -1.49. The van der Waals surface area contributed by atoms with Gasteiger partial charge in [-0.1, -0.05) is 26.0 Å². The summed E-state index contributed by atoms with van der Waals surface area (Å²) in [6.07, 6.45) is 0. The summed E-state index contributed by atoms with van der Waals surface area (Å²) < 4.78 is 17.8. The molecule has 5 heteroatoms. The van der Waals surface area contributed by atoms with Crippen molar-refractivity contribution in [2.45, 2.75) is 33.2 Å². The van der Waals surface area contributed by atoms with E-state index in [9.17, 15) is 4.39 Å². The summed E-state index contributed by atoms with van der Waals surface area (Å²) in [5, 5.41) is 0.865. The SMILES string of the molecule is Cc1ccc(CN(C)c2nc(C(C)C)ns2)cc1F. The Bertz CT molecular complexity index is 566. The van der Waals surface area contributed by atoms with E-state index in [1.165, 1.54) is 11.5 Å². The van der Waals surface area contributed by atoms with E-state index in [1.54, 1.807) is 19.1 Å². The highest BCUT2D eigenvalue weighted by Crippen LogP contribution is 2.22. The van der Waals surface area contributed by atoms with Gasteiger partial charge >= 0.3 is 0 Å². The van der Waals surface area contributed by atoms with Crippen molar-refractivity contribution in [2.75, 3.05) is 11.9 Å². The van der Waals surface area contributed by atoms with E-state index in [2.05, 4.69) is 23.2 Å². The topological polar surface area (TPSA) is 29.0 Å². The van der Waals surface area contributed by atoms with Gasteiger partial charge in [0.25, 0.3) is 0 Å². The van der Waals surface area contributed by atoms with Crippen LogP contribution in [0.3, 0.4) is 0 Å². The van der Waals surface area contributed by atoms with Crippen molar-refractivity contribution in [1.29, 1.82) is 0 Å². The van der Waals surface area contributed by atoms with Gasteiger partial charge in [0, 0.05) is 31.0 Å². The lowest BCUT2D eigenvalue weighted by Gasteiger charge is -2.15. The quantitative estimate of drug-likeness (QED) is 0.853. The molecule has 0 aliphatic rings. The lowest BCUT2D eigenvalue weighted by Crippen LogP contribution is -2.16. The summed E-state index contributed by atoms with van der Waals surface area (Å²) >= 11 is 1.38. The summed E-state index contributed by atoms with van der Waals surface area (Å²) in [5.74, 6) is 1.03. The van der Waals surface area contributed by atoms with Crippen molar-refractivity contribution < 1.29 is 4.39 Å². The van der Waals surface area contributed by atoms with Crippen LogP contribution < -0.4 is 4.90 Å². The van der Waals surface area contributed by atoms with Crippen LogP contribution in [0.2, 0.25) is 0 Å². The van der Waals surface area contributed by atoms with Gasteiger partial charge < -0.3 is 4.90 Å². The molecule has 1 heterocycles. The van der Waals surface area contributed by atoms with Crippen LogP contribution in [-0.4, -0.2) is 16.4 Å². The molecule has 1 aromatic heterocycles. The second-order valence-corrected chi connectivity index (χ2v) is 5.76. The van der Waals surface area contributed by atoms with Crippen LogP contribution in [0.25, 0.3) is 0 Å². The summed E-state index contributed by atoms with van der Waals surface area (Å²) in [4.78, 5) is 6.48. The first-order valence-corrected chi connectivity index (χ1v) is 7.04. The molecule has 0 aliphatic heterocycles. The zero-order valence-corrected chi connectivity index (χ0v) is 12.5. The molecule has 0 atom stereocenters. The minimum absolute atomic E-state index is 0.161. The van der Waals surface area contributed by atoms with E-state index >= 15 is 0 Å². The van der Waals surface area contributed by atoms with Crippen LogP contribution >= 0.6 is 11.5 Å². The smallest absolute Gasteiger partial charge is 0.205 e. The number of anilines is 1. The maximum atomic E-state index is 13.5. The van der Waals surface area contributed by atoms with Crippen LogP contribution in [0, 0.1) is 12.7 Å². The van der Waals surface area contributed by atoms with E-state index in [0.29, 0.717) is 18.0 Å². The number of halogens is 1. The van der Waals surface area contributed by atoms with Crippen molar-refractivity contribution in [3.63, 3.8) is 0 Å². The van der Waals surface area contributed by atoms with E-state index in [-0.39, 0.29) is 5.82 Å². The molecule has 0 spiro atoms. The molecular weight excluding hydrogens is 261 g/mol. The summed E-state index contributed by atoms with van der Waals surface area (Å²) in [6, 6.07) is 5.33. The van der Waals surface area contributed by atoms with Crippen LogP contribution in [0.5, 0.6) is 0 Å². The van der Waals surface area contributed by atoms with Gasteiger partial charge in [0.15, 0.2) is 0 Å². The Kier molecular flexibility index (Phi) is 4.14. The zero-order valence-electron chi connectivity index (χ0n) is 11.6. The van der Waals surface area contributed by atoms with Crippen LogP contribution in [0.1, 0.15) is 36.7 Å².